The second kappa shape index (κ2) is 9.78. The molecule has 6 aromatic rings. The molecule has 0 aliphatic carbocycles. The van der Waals surface area contributed by atoms with Gasteiger partial charge in [0, 0.05) is 0 Å². The Kier molecular flexibility index (Phi) is 5.87. The van der Waals surface area contributed by atoms with Gasteiger partial charge in [-0.25, -0.2) is 29.9 Å². The lowest BCUT2D eigenvalue weighted by molar-refractivity contribution is 0.111. The lowest BCUT2D eigenvalue weighted by Gasteiger charge is -2.04. The number of rotatable bonds is 7. The van der Waals surface area contributed by atoms with Crippen LogP contribution in [0.3, 0.4) is 0 Å². The first kappa shape index (κ1) is 22.8. The lowest BCUT2D eigenvalue weighted by Crippen LogP contribution is -1.91. The Bertz CT molecular complexity index is 1660. The van der Waals surface area contributed by atoms with E-state index in [4.69, 9.17) is 18.8 Å². The first-order valence-electron chi connectivity index (χ1n) is 11.4. The van der Waals surface area contributed by atoms with E-state index >= 15 is 0 Å². The lowest BCUT2D eigenvalue weighted by atomic mass is 10.2. The molecule has 0 fully saturated rings. The molecule has 10 nitrogen and oxygen atoms in total. The maximum Gasteiger partial charge on any atom is 0.245 e. The molecule has 0 bridgehead atoms. The van der Waals surface area contributed by atoms with Crippen molar-refractivity contribution in [3.05, 3.63) is 96.6 Å². The van der Waals surface area contributed by atoms with Crippen LogP contribution in [0.4, 0.5) is 0 Å². The van der Waals surface area contributed by atoms with Gasteiger partial charge in [0.05, 0.1) is 23.8 Å². The molecule has 6 rings (SSSR count). The molecule has 6 aromatic heterocycles. The van der Waals surface area contributed by atoms with Gasteiger partial charge in [-0.15, -0.1) is 0 Å². The predicted octanol–water partition coefficient (Wildman–Crippen LogP) is 5.20. The summed E-state index contributed by atoms with van der Waals surface area (Å²) in [5.74, 6) is 1.46. The summed E-state index contributed by atoms with van der Waals surface area (Å²) in [7, 11) is 0. The summed E-state index contributed by atoms with van der Waals surface area (Å²) >= 11 is 0. The fourth-order valence-electron chi connectivity index (χ4n) is 3.72. The van der Waals surface area contributed by atoms with Crippen molar-refractivity contribution in [2.75, 3.05) is 0 Å². The summed E-state index contributed by atoms with van der Waals surface area (Å²) in [5, 5.41) is 0. The van der Waals surface area contributed by atoms with Crippen LogP contribution in [0.1, 0.15) is 21.0 Å². The molecule has 38 heavy (non-hydrogen) atoms. The summed E-state index contributed by atoms with van der Waals surface area (Å²) in [6.45, 7) is 0. The quantitative estimate of drug-likeness (QED) is 0.269. The maximum absolute atomic E-state index is 11.0. The van der Waals surface area contributed by atoms with Crippen LogP contribution in [0, 0.1) is 0 Å². The molecule has 10 heteroatoms. The van der Waals surface area contributed by atoms with Crippen LogP contribution >= 0.6 is 0 Å². The molecule has 0 saturated carbocycles. The van der Waals surface area contributed by atoms with Gasteiger partial charge < -0.3 is 8.83 Å². The number of carbonyl (C=O) groups is 2. The molecule has 0 aliphatic rings. The summed E-state index contributed by atoms with van der Waals surface area (Å²) < 4.78 is 11.8. The molecule has 0 spiro atoms. The Hall–Kier alpha value is -5.64. The number of pyridine rings is 4. The van der Waals surface area contributed by atoms with Gasteiger partial charge in [-0.2, -0.15) is 0 Å². The smallest absolute Gasteiger partial charge is 0.245 e. The fourth-order valence-corrected chi connectivity index (χ4v) is 3.72. The Morgan fingerprint density at radius 2 is 0.868 bits per heavy atom. The third-order valence-corrected chi connectivity index (χ3v) is 5.50. The SMILES string of the molecule is O=Cc1cccc(-c2ncc(-c3cccc(-c4cccc(-c5cnc(-c6cccc(C=O)n6)o5)n4)n3)o2)n1. The molecule has 0 amide bonds. The van der Waals surface area contributed by atoms with E-state index in [1.807, 2.05) is 24.3 Å². The molecule has 182 valence electrons. The second-order valence-corrected chi connectivity index (χ2v) is 8.01. The largest absolute Gasteiger partial charge is 0.433 e. The van der Waals surface area contributed by atoms with Gasteiger partial charge in [-0.05, 0) is 48.5 Å². The highest BCUT2D eigenvalue weighted by Gasteiger charge is 2.15. The van der Waals surface area contributed by atoms with Crippen LogP contribution in [-0.4, -0.2) is 42.5 Å². The monoisotopic (exact) mass is 500 g/mol. The number of aldehydes is 2. The Morgan fingerprint density at radius 3 is 1.32 bits per heavy atom. The van der Waals surface area contributed by atoms with Crippen molar-refractivity contribution < 1.29 is 18.4 Å². The number of hydrogen-bond donors (Lipinski definition) is 0. The average Bonchev–Trinajstić information content (AvgIpc) is 3.69. The zero-order valence-electron chi connectivity index (χ0n) is 19.6. The Morgan fingerprint density at radius 1 is 0.474 bits per heavy atom. The van der Waals surface area contributed by atoms with Crippen molar-refractivity contribution >= 4 is 12.6 Å². The minimum Gasteiger partial charge on any atom is -0.433 e. The van der Waals surface area contributed by atoms with Crippen LogP contribution in [0.5, 0.6) is 0 Å². The zero-order chi connectivity index (χ0) is 25.9. The average molecular weight is 500 g/mol. The molecule has 0 N–H and O–H groups in total. The Balaban J connectivity index is 1.28. The van der Waals surface area contributed by atoms with Gasteiger partial charge in [0.1, 0.15) is 34.2 Å². The molecule has 0 saturated heterocycles. The first-order valence-corrected chi connectivity index (χ1v) is 11.4. The van der Waals surface area contributed by atoms with Gasteiger partial charge >= 0.3 is 0 Å². The normalized spacial score (nSPS) is 10.8. The fraction of sp³-hybridized carbons (Fsp3) is 0. The van der Waals surface area contributed by atoms with E-state index in [-0.39, 0.29) is 23.2 Å². The van der Waals surface area contributed by atoms with E-state index in [0.29, 0.717) is 58.3 Å². The van der Waals surface area contributed by atoms with Crippen molar-refractivity contribution in [3.8, 4) is 57.5 Å². The van der Waals surface area contributed by atoms with Gasteiger partial charge in [-0.1, -0.05) is 24.3 Å². The van der Waals surface area contributed by atoms with Gasteiger partial charge in [0.25, 0.3) is 0 Å². The molecule has 0 aliphatic heterocycles. The molecule has 0 aromatic carbocycles. The highest BCUT2D eigenvalue weighted by molar-refractivity contribution is 5.73. The highest BCUT2D eigenvalue weighted by Crippen LogP contribution is 2.28. The number of aromatic nitrogens is 6. The molecule has 6 heterocycles. The maximum atomic E-state index is 11.0. The number of nitrogens with zero attached hydrogens (tertiary/aromatic N) is 6. The van der Waals surface area contributed by atoms with E-state index in [9.17, 15) is 9.59 Å². The van der Waals surface area contributed by atoms with Crippen LogP contribution in [0.2, 0.25) is 0 Å². The molecular formula is C28H16N6O4. The van der Waals surface area contributed by atoms with Crippen LogP contribution < -0.4 is 0 Å². The highest BCUT2D eigenvalue weighted by atomic mass is 16.4. The van der Waals surface area contributed by atoms with Gasteiger partial charge in [0.15, 0.2) is 24.1 Å². The van der Waals surface area contributed by atoms with Crippen molar-refractivity contribution in [2.24, 2.45) is 0 Å². The van der Waals surface area contributed by atoms with Crippen molar-refractivity contribution in [2.45, 2.75) is 0 Å². The predicted molar refractivity (Wildman–Crippen MR) is 136 cm³/mol. The summed E-state index contributed by atoms with van der Waals surface area (Å²) in [6, 6.07) is 21.0. The minimum atomic E-state index is 0.283. The van der Waals surface area contributed by atoms with Crippen LogP contribution in [-0.2, 0) is 0 Å². The third-order valence-electron chi connectivity index (χ3n) is 5.50. The van der Waals surface area contributed by atoms with E-state index in [1.54, 1.807) is 60.9 Å². The van der Waals surface area contributed by atoms with E-state index in [2.05, 4.69) is 19.9 Å². The van der Waals surface area contributed by atoms with E-state index < -0.39 is 0 Å². The summed E-state index contributed by atoms with van der Waals surface area (Å²) in [4.78, 5) is 48.5. The third kappa shape index (κ3) is 4.49. The number of hydrogen-bond acceptors (Lipinski definition) is 10. The van der Waals surface area contributed by atoms with Gasteiger partial charge in [-0.3, -0.25) is 9.59 Å². The molecule has 0 unspecified atom stereocenters. The van der Waals surface area contributed by atoms with Crippen LogP contribution in [0.25, 0.3) is 57.5 Å². The summed E-state index contributed by atoms with van der Waals surface area (Å²) in [5.41, 5.74) is 3.82. The van der Waals surface area contributed by atoms with Crippen molar-refractivity contribution in [1.82, 2.24) is 29.9 Å². The van der Waals surface area contributed by atoms with Crippen molar-refractivity contribution in [3.63, 3.8) is 0 Å². The second-order valence-electron chi connectivity index (χ2n) is 8.01. The minimum absolute atomic E-state index is 0.283. The van der Waals surface area contributed by atoms with Gasteiger partial charge in [0.2, 0.25) is 11.8 Å². The molecular weight excluding hydrogens is 484 g/mol. The topological polar surface area (TPSA) is 138 Å². The van der Waals surface area contributed by atoms with E-state index in [1.165, 1.54) is 0 Å². The molecule has 0 atom stereocenters. The number of oxazole rings is 2. The van der Waals surface area contributed by atoms with Crippen LogP contribution in [0.15, 0.2) is 94.0 Å². The number of carbonyl (C=O) groups excluding carboxylic acids is 2. The van der Waals surface area contributed by atoms with E-state index in [0.717, 1.165) is 0 Å². The summed E-state index contributed by atoms with van der Waals surface area (Å²) in [6.07, 6.45) is 4.46. The van der Waals surface area contributed by atoms with Crippen molar-refractivity contribution in [1.29, 1.82) is 0 Å². The Labute approximate surface area is 215 Å². The standard InChI is InChI=1S/C28H16N6O4/c35-15-17-5-1-11-23(31-17)27-29-13-25(37-27)21-9-3-7-19(33-21)20-8-4-10-22(34-20)26-14-30-28(38-26)24-12-2-6-18(16-36)32-24/h1-16H. The first-order chi connectivity index (χ1) is 18.7. The zero-order valence-corrected chi connectivity index (χ0v) is 19.6. The molecule has 0 radical (unpaired) electrons.